The highest BCUT2D eigenvalue weighted by atomic mass is 16.3. The summed E-state index contributed by atoms with van der Waals surface area (Å²) in [5, 5.41) is 12.9. The van der Waals surface area contributed by atoms with Crippen molar-refractivity contribution in [1.82, 2.24) is 10.2 Å². The lowest BCUT2D eigenvalue weighted by Crippen LogP contribution is -2.41. The summed E-state index contributed by atoms with van der Waals surface area (Å²) in [5.41, 5.74) is 0. The van der Waals surface area contributed by atoms with Gasteiger partial charge in [-0.05, 0) is 38.6 Å². The van der Waals surface area contributed by atoms with Crippen molar-refractivity contribution in [2.75, 3.05) is 26.2 Å². The number of piperidine rings is 1. The first-order valence-corrected chi connectivity index (χ1v) is 5.88. The van der Waals surface area contributed by atoms with Gasteiger partial charge in [-0.15, -0.1) is 0 Å². The number of nitrogens with one attached hydrogen (secondary N) is 1. The molecule has 0 bridgehead atoms. The van der Waals surface area contributed by atoms with E-state index in [0.29, 0.717) is 6.04 Å². The number of aliphatic hydroxyl groups is 1. The SMILES string of the molecule is CC1CCC(CN2CC[C@@H](O)C2)CN1. The first-order chi connectivity index (χ1) is 6.74. The maximum Gasteiger partial charge on any atom is 0.0679 e. The van der Waals surface area contributed by atoms with Crippen LogP contribution in [0.5, 0.6) is 0 Å². The van der Waals surface area contributed by atoms with Gasteiger partial charge in [0.1, 0.15) is 0 Å². The first-order valence-electron chi connectivity index (χ1n) is 5.88. The molecule has 2 unspecified atom stereocenters. The van der Waals surface area contributed by atoms with Crippen LogP contribution >= 0.6 is 0 Å². The molecule has 2 fully saturated rings. The fourth-order valence-corrected chi connectivity index (χ4v) is 2.56. The van der Waals surface area contributed by atoms with Gasteiger partial charge in [0.15, 0.2) is 0 Å². The summed E-state index contributed by atoms with van der Waals surface area (Å²) in [6, 6.07) is 0.704. The Morgan fingerprint density at radius 1 is 1.36 bits per heavy atom. The number of rotatable bonds is 2. The summed E-state index contributed by atoms with van der Waals surface area (Å²) in [4.78, 5) is 2.41. The van der Waals surface area contributed by atoms with Crippen LogP contribution in [0.25, 0.3) is 0 Å². The van der Waals surface area contributed by atoms with Crippen molar-refractivity contribution in [3.05, 3.63) is 0 Å². The van der Waals surface area contributed by atoms with Gasteiger partial charge in [-0.2, -0.15) is 0 Å². The van der Waals surface area contributed by atoms with Gasteiger partial charge >= 0.3 is 0 Å². The van der Waals surface area contributed by atoms with Crippen LogP contribution in [0, 0.1) is 5.92 Å². The number of hydrogen-bond acceptors (Lipinski definition) is 3. The van der Waals surface area contributed by atoms with E-state index < -0.39 is 0 Å². The van der Waals surface area contributed by atoms with E-state index in [-0.39, 0.29) is 6.10 Å². The predicted octanol–water partition coefficient (Wildman–Crippen LogP) is 0.441. The molecule has 2 saturated heterocycles. The van der Waals surface area contributed by atoms with Crippen molar-refractivity contribution < 1.29 is 5.11 Å². The smallest absolute Gasteiger partial charge is 0.0679 e. The average molecular weight is 198 g/mol. The summed E-state index contributed by atoms with van der Waals surface area (Å²) in [6.07, 6.45) is 3.56. The van der Waals surface area contributed by atoms with Crippen molar-refractivity contribution in [3.63, 3.8) is 0 Å². The second-order valence-corrected chi connectivity index (χ2v) is 4.95. The van der Waals surface area contributed by atoms with Gasteiger partial charge < -0.3 is 15.3 Å². The normalized spacial score (nSPS) is 40.3. The summed E-state index contributed by atoms with van der Waals surface area (Å²) in [7, 11) is 0. The third-order valence-corrected chi connectivity index (χ3v) is 3.53. The Balaban J connectivity index is 1.70. The molecular formula is C11H22N2O. The van der Waals surface area contributed by atoms with E-state index in [1.54, 1.807) is 0 Å². The molecule has 3 heteroatoms. The second-order valence-electron chi connectivity index (χ2n) is 4.95. The molecular weight excluding hydrogens is 176 g/mol. The highest BCUT2D eigenvalue weighted by molar-refractivity contribution is 4.81. The molecule has 0 aromatic rings. The van der Waals surface area contributed by atoms with Crippen molar-refractivity contribution in [2.45, 2.75) is 38.3 Å². The van der Waals surface area contributed by atoms with E-state index in [9.17, 15) is 5.11 Å². The minimum Gasteiger partial charge on any atom is -0.392 e. The summed E-state index contributed by atoms with van der Waals surface area (Å²) >= 11 is 0. The molecule has 3 nitrogen and oxygen atoms in total. The second kappa shape index (κ2) is 4.60. The van der Waals surface area contributed by atoms with Crippen LogP contribution < -0.4 is 5.32 Å². The molecule has 0 saturated carbocycles. The van der Waals surface area contributed by atoms with E-state index in [0.717, 1.165) is 32.0 Å². The molecule has 0 spiro atoms. The summed E-state index contributed by atoms with van der Waals surface area (Å²) in [6.45, 7) is 6.58. The Morgan fingerprint density at radius 2 is 2.21 bits per heavy atom. The monoisotopic (exact) mass is 198 g/mol. The van der Waals surface area contributed by atoms with E-state index in [1.165, 1.54) is 19.4 Å². The Labute approximate surface area is 86.5 Å². The van der Waals surface area contributed by atoms with Crippen LogP contribution in [0.3, 0.4) is 0 Å². The predicted molar refractivity (Wildman–Crippen MR) is 57.3 cm³/mol. The van der Waals surface area contributed by atoms with Gasteiger partial charge in [0, 0.05) is 25.7 Å². The number of hydrogen-bond donors (Lipinski definition) is 2. The number of likely N-dealkylation sites (tertiary alicyclic amines) is 1. The molecule has 2 aliphatic rings. The third-order valence-electron chi connectivity index (χ3n) is 3.53. The van der Waals surface area contributed by atoms with E-state index >= 15 is 0 Å². The summed E-state index contributed by atoms with van der Waals surface area (Å²) < 4.78 is 0. The number of β-amino-alcohol motifs (C(OH)–C–C–N with tert-alkyl or cyclic N) is 1. The molecule has 0 aliphatic carbocycles. The Hall–Kier alpha value is -0.120. The standard InChI is InChI=1S/C11H22N2O/c1-9-2-3-10(6-12-9)7-13-5-4-11(14)8-13/h9-12,14H,2-8H2,1H3/t9?,10?,11-/m1/s1. The zero-order valence-corrected chi connectivity index (χ0v) is 9.08. The average Bonchev–Trinajstić information content (AvgIpc) is 2.56. The van der Waals surface area contributed by atoms with Gasteiger partial charge in [0.2, 0.25) is 0 Å². The Bertz CT molecular complexity index is 178. The molecule has 2 rings (SSSR count). The number of aliphatic hydroxyl groups excluding tert-OH is 1. The van der Waals surface area contributed by atoms with Crippen molar-refractivity contribution in [3.8, 4) is 0 Å². The lowest BCUT2D eigenvalue weighted by atomic mass is 9.95. The molecule has 2 aliphatic heterocycles. The minimum absolute atomic E-state index is 0.0644. The molecule has 14 heavy (non-hydrogen) atoms. The Kier molecular flexibility index (Phi) is 3.42. The van der Waals surface area contributed by atoms with Crippen LogP contribution in [-0.4, -0.2) is 48.3 Å². The zero-order valence-electron chi connectivity index (χ0n) is 9.08. The first kappa shape index (κ1) is 10.4. The molecule has 0 amide bonds. The maximum atomic E-state index is 9.41. The van der Waals surface area contributed by atoms with Gasteiger partial charge in [-0.25, -0.2) is 0 Å². The van der Waals surface area contributed by atoms with E-state index in [1.807, 2.05) is 0 Å². The van der Waals surface area contributed by atoms with Crippen LogP contribution in [0.1, 0.15) is 26.2 Å². The molecule has 0 radical (unpaired) electrons. The summed E-state index contributed by atoms with van der Waals surface area (Å²) in [5.74, 6) is 0.802. The molecule has 2 N–H and O–H groups in total. The van der Waals surface area contributed by atoms with Crippen LogP contribution in [-0.2, 0) is 0 Å². The third kappa shape index (κ3) is 2.69. The van der Waals surface area contributed by atoms with Gasteiger partial charge in [0.25, 0.3) is 0 Å². The highest BCUT2D eigenvalue weighted by Crippen LogP contribution is 2.18. The van der Waals surface area contributed by atoms with E-state index in [2.05, 4.69) is 17.1 Å². The Morgan fingerprint density at radius 3 is 2.79 bits per heavy atom. The minimum atomic E-state index is -0.0644. The van der Waals surface area contributed by atoms with Crippen LogP contribution in [0.4, 0.5) is 0 Å². The molecule has 0 aromatic heterocycles. The molecule has 82 valence electrons. The lowest BCUT2D eigenvalue weighted by molar-refractivity contribution is 0.163. The van der Waals surface area contributed by atoms with Crippen molar-refractivity contribution >= 4 is 0 Å². The highest BCUT2D eigenvalue weighted by Gasteiger charge is 2.24. The lowest BCUT2D eigenvalue weighted by Gasteiger charge is -2.30. The molecule has 3 atom stereocenters. The van der Waals surface area contributed by atoms with Crippen LogP contribution in [0.2, 0.25) is 0 Å². The van der Waals surface area contributed by atoms with Gasteiger partial charge in [-0.3, -0.25) is 0 Å². The largest absolute Gasteiger partial charge is 0.392 e. The van der Waals surface area contributed by atoms with Gasteiger partial charge in [-0.1, -0.05) is 0 Å². The molecule has 0 aromatic carbocycles. The van der Waals surface area contributed by atoms with Gasteiger partial charge in [0.05, 0.1) is 6.10 Å². The topological polar surface area (TPSA) is 35.5 Å². The molecule has 2 heterocycles. The van der Waals surface area contributed by atoms with E-state index in [4.69, 9.17) is 0 Å². The number of nitrogens with zero attached hydrogens (tertiary/aromatic N) is 1. The quantitative estimate of drug-likeness (QED) is 0.676. The van der Waals surface area contributed by atoms with Crippen molar-refractivity contribution in [2.24, 2.45) is 5.92 Å². The van der Waals surface area contributed by atoms with Crippen LogP contribution in [0.15, 0.2) is 0 Å². The zero-order chi connectivity index (χ0) is 9.97. The fraction of sp³-hybridized carbons (Fsp3) is 1.00. The van der Waals surface area contributed by atoms with Crippen molar-refractivity contribution in [1.29, 1.82) is 0 Å². The maximum absolute atomic E-state index is 9.41. The fourth-order valence-electron chi connectivity index (χ4n) is 2.56.